The standard InChI is InChI=1S/C20H14N4/c1-2-8-15(9-3-1)17-14-24(22-21-17)20-16-10-4-5-11-18(16)23-13-7-6-12-19(20)23/h1-14H. The molecule has 3 aromatic heterocycles. The van der Waals surface area contributed by atoms with E-state index in [2.05, 4.69) is 51.2 Å². The first kappa shape index (κ1) is 13.1. The van der Waals surface area contributed by atoms with Gasteiger partial charge in [-0.25, -0.2) is 4.68 Å². The van der Waals surface area contributed by atoms with Crippen LogP contribution in [-0.2, 0) is 0 Å². The molecule has 5 rings (SSSR count). The second-order valence-electron chi connectivity index (χ2n) is 5.74. The van der Waals surface area contributed by atoms with Crippen LogP contribution >= 0.6 is 0 Å². The first-order chi connectivity index (χ1) is 11.9. The zero-order valence-electron chi connectivity index (χ0n) is 12.9. The predicted octanol–water partition coefficient (Wildman–Crippen LogP) is 4.34. The van der Waals surface area contributed by atoms with Crippen LogP contribution in [0.15, 0.2) is 85.2 Å². The lowest BCUT2D eigenvalue weighted by Gasteiger charge is -1.99. The van der Waals surface area contributed by atoms with E-state index in [1.165, 1.54) is 5.52 Å². The number of fused-ring (bicyclic) bond motifs is 3. The monoisotopic (exact) mass is 310 g/mol. The zero-order chi connectivity index (χ0) is 15.9. The second kappa shape index (κ2) is 5.06. The van der Waals surface area contributed by atoms with Crippen molar-refractivity contribution in [3.05, 3.63) is 85.2 Å². The molecule has 0 unspecified atom stereocenters. The number of rotatable bonds is 2. The van der Waals surface area contributed by atoms with Gasteiger partial charge in [-0.3, -0.25) is 0 Å². The van der Waals surface area contributed by atoms with Crippen molar-refractivity contribution < 1.29 is 0 Å². The Kier molecular flexibility index (Phi) is 2.76. The molecule has 24 heavy (non-hydrogen) atoms. The maximum absolute atomic E-state index is 4.39. The summed E-state index contributed by atoms with van der Waals surface area (Å²) in [6, 6.07) is 24.7. The lowest BCUT2D eigenvalue weighted by atomic mass is 10.2. The molecule has 5 aromatic rings. The largest absolute Gasteiger partial charge is 0.314 e. The molecule has 4 heteroatoms. The molecule has 0 amide bonds. The summed E-state index contributed by atoms with van der Waals surface area (Å²) in [6.07, 6.45) is 4.07. The molecule has 0 bridgehead atoms. The highest BCUT2D eigenvalue weighted by Crippen LogP contribution is 2.30. The van der Waals surface area contributed by atoms with Gasteiger partial charge in [-0.15, -0.1) is 5.10 Å². The molecule has 0 fully saturated rings. The van der Waals surface area contributed by atoms with Gasteiger partial charge in [0.05, 0.1) is 22.9 Å². The summed E-state index contributed by atoms with van der Waals surface area (Å²) in [5.41, 5.74) is 5.27. The van der Waals surface area contributed by atoms with Gasteiger partial charge >= 0.3 is 0 Å². The maximum Gasteiger partial charge on any atom is 0.113 e. The van der Waals surface area contributed by atoms with E-state index in [1.807, 2.05) is 53.3 Å². The number of hydrogen-bond donors (Lipinski definition) is 0. The molecule has 0 saturated carbocycles. The van der Waals surface area contributed by atoms with Crippen LogP contribution < -0.4 is 0 Å². The van der Waals surface area contributed by atoms with Gasteiger partial charge in [-0.05, 0) is 18.2 Å². The third kappa shape index (κ3) is 1.86. The summed E-state index contributed by atoms with van der Waals surface area (Å²) >= 11 is 0. The molecule has 0 saturated heterocycles. The fourth-order valence-electron chi connectivity index (χ4n) is 3.22. The van der Waals surface area contributed by atoms with Gasteiger partial charge in [-0.2, -0.15) is 0 Å². The molecular weight excluding hydrogens is 296 g/mol. The van der Waals surface area contributed by atoms with E-state index in [0.717, 1.165) is 27.8 Å². The van der Waals surface area contributed by atoms with Gasteiger partial charge in [0.1, 0.15) is 5.69 Å². The van der Waals surface area contributed by atoms with Crippen LogP contribution in [-0.4, -0.2) is 19.4 Å². The van der Waals surface area contributed by atoms with Gasteiger partial charge in [0, 0.05) is 17.1 Å². The SMILES string of the molecule is c1ccc(-c2cn(-c3c4ccccc4n4ccccc34)nn2)cc1. The average molecular weight is 310 g/mol. The number of pyridine rings is 1. The minimum Gasteiger partial charge on any atom is -0.314 e. The van der Waals surface area contributed by atoms with Crippen LogP contribution in [0.4, 0.5) is 0 Å². The Bertz CT molecular complexity index is 1100. The number of nitrogens with zero attached hydrogens (tertiary/aromatic N) is 4. The average Bonchev–Trinajstić information content (AvgIpc) is 3.25. The molecule has 0 atom stereocenters. The van der Waals surface area contributed by atoms with Crippen molar-refractivity contribution in [1.29, 1.82) is 0 Å². The summed E-state index contributed by atoms with van der Waals surface area (Å²) in [6.45, 7) is 0. The van der Waals surface area contributed by atoms with Crippen molar-refractivity contribution in [2.24, 2.45) is 0 Å². The van der Waals surface area contributed by atoms with Crippen LogP contribution in [0.3, 0.4) is 0 Å². The summed E-state index contributed by atoms with van der Waals surface area (Å²) in [7, 11) is 0. The van der Waals surface area contributed by atoms with E-state index in [4.69, 9.17) is 0 Å². The topological polar surface area (TPSA) is 35.1 Å². The Morgan fingerprint density at radius 1 is 0.708 bits per heavy atom. The molecule has 114 valence electrons. The van der Waals surface area contributed by atoms with Crippen molar-refractivity contribution in [1.82, 2.24) is 19.4 Å². The fourth-order valence-corrected chi connectivity index (χ4v) is 3.22. The molecule has 0 radical (unpaired) electrons. The quantitative estimate of drug-likeness (QED) is 0.486. The van der Waals surface area contributed by atoms with E-state index < -0.39 is 0 Å². The first-order valence-electron chi connectivity index (χ1n) is 7.88. The third-order valence-electron chi connectivity index (χ3n) is 4.31. The van der Waals surface area contributed by atoms with Crippen LogP contribution in [0.1, 0.15) is 0 Å². The van der Waals surface area contributed by atoms with Crippen molar-refractivity contribution >= 4 is 16.4 Å². The third-order valence-corrected chi connectivity index (χ3v) is 4.31. The van der Waals surface area contributed by atoms with E-state index in [1.54, 1.807) is 0 Å². The highest BCUT2D eigenvalue weighted by molar-refractivity contribution is 5.98. The number of hydrogen-bond acceptors (Lipinski definition) is 2. The van der Waals surface area contributed by atoms with Gasteiger partial charge in [-0.1, -0.05) is 59.8 Å². The Hall–Kier alpha value is -3.40. The molecule has 0 N–H and O–H groups in total. The van der Waals surface area contributed by atoms with Crippen molar-refractivity contribution in [3.8, 4) is 16.9 Å². The zero-order valence-corrected chi connectivity index (χ0v) is 12.9. The molecule has 0 aliphatic heterocycles. The van der Waals surface area contributed by atoms with Crippen LogP contribution in [0.2, 0.25) is 0 Å². The number of para-hydroxylation sites is 1. The molecular formula is C20H14N4. The van der Waals surface area contributed by atoms with Crippen LogP contribution in [0, 0.1) is 0 Å². The van der Waals surface area contributed by atoms with Crippen LogP contribution in [0.5, 0.6) is 0 Å². The molecule has 0 aliphatic carbocycles. The van der Waals surface area contributed by atoms with Crippen molar-refractivity contribution in [3.63, 3.8) is 0 Å². The second-order valence-corrected chi connectivity index (χ2v) is 5.74. The summed E-state index contributed by atoms with van der Waals surface area (Å²) in [5, 5.41) is 9.91. The Balaban J connectivity index is 1.79. The molecule has 0 aliphatic rings. The van der Waals surface area contributed by atoms with Crippen LogP contribution in [0.25, 0.3) is 33.4 Å². The highest BCUT2D eigenvalue weighted by atomic mass is 15.4. The number of benzene rings is 2. The Morgan fingerprint density at radius 3 is 2.38 bits per heavy atom. The van der Waals surface area contributed by atoms with E-state index in [9.17, 15) is 0 Å². The van der Waals surface area contributed by atoms with Gasteiger partial charge in [0.15, 0.2) is 0 Å². The normalized spacial score (nSPS) is 11.3. The van der Waals surface area contributed by atoms with Gasteiger partial charge in [0.2, 0.25) is 0 Å². The maximum atomic E-state index is 4.39. The van der Waals surface area contributed by atoms with E-state index >= 15 is 0 Å². The summed E-state index contributed by atoms with van der Waals surface area (Å²) < 4.78 is 4.06. The summed E-state index contributed by atoms with van der Waals surface area (Å²) in [5.74, 6) is 0. The lowest BCUT2D eigenvalue weighted by molar-refractivity contribution is 0.812. The van der Waals surface area contributed by atoms with E-state index in [-0.39, 0.29) is 0 Å². The molecule has 0 spiro atoms. The number of aromatic nitrogens is 4. The summed E-state index contributed by atoms with van der Waals surface area (Å²) in [4.78, 5) is 0. The van der Waals surface area contributed by atoms with Crippen molar-refractivity contribution in [2.75, 3.05) is 0 Å². The minimum atomic E-state index is 0.870. The molecule has 2 aromatic carbocycles. The van der Waals surface area contributed by atoms with Crippen molar-refractivity contribution in [2.45, 2.75) is 0 Å². The highest BCUT2D eigenvalue weighted by Gasteiger charge is 2.14. The minimum absolute atomic E-state index is 0.870. The molecule has 3 heterocycles. The fraction of sp³-hybridized carbons (Fsp3) is 0. The van der Waals surface area contributed by atoms with Gasteiger partial charge < -0.3 is 4.40 Å². The Labute approximate surface area is 138 Å². The molecule has 4 nitrogen and oxygen atoms in total. The smallest absolute Gasteiger partial charge is 0.113 e. The predicted molar refractivity (Wildman–Crippen MR) is 95.3 cm³/mol. The first-order valence-corrected chi connectivity index (χ1v) is 7.88. The lowest BCUT2D eigenvalue weighted by Crippen LogP contribution is -1.94. The van der Waals surface area contributed by atoms with E-state index in [0.29, 0.717) is 0 Å². The van der Waals surface area contributed by atoms with Gasteiger partial charge in [0.25, 0.3) is 0 Å². The Morgan fingerprint density at radius 2 is 1.46 bits per heavy atom.